The van der Waals surface area contributed by atoms with E-state index in [1.54, 1.807) is 6.92 Å². The quantitative estimate of drug-likeness (QED) is 0.384. The fraction of sp³-hybridized carbons (Fsp3) is 0.263. The van der Waals surface area contributed by atoms with Crippen LogP contribution in [0.5, 0.6) is 0 Å². The molecule has 1 aliphatic heterocycles. The molecular formula is C19H17Cl3F3N3O2. The predicted octanol–water partition coefficient (Wildman–Crippen LogP) is 5.75. The van der Waals surface area contributed by atoms with Crippen molar-refractivity contribution in [3.05, 3.63) is 69.3 Å². The molecule has 11 heteroatoms. The number of oxime groups is 1. The Labute approximate surface area is 186 Å². The molecule has 5 nitrogen and oxygen atoms in total. The molecule has 0 aliphatic carbocycles. The van der Waals surface area contributed by atoms with Crippen molar-refractivity contribution >= 4 is 46.4 Å². The lowest BCUT2D eigenvalue weighted by Crippen LogP contribution is -2.42. The minimum atomic E-state index is -4.80. The van der Waals surface area contributed by atoms with Gasteiger partial charge in [0.1, 0.15) is 0 Å². The van der Waals surface area contributed by atoms with E-state index in [0.717, 1.165) is 12.1 Å². The molecule has 2 rings (SSSR count). The maximum absolute atomic E-state index is 14.0. The Bertz CT molecular complexity index is 909. The minimum Gasteiger partial charge on any atom is -0.374 e. The Balaban J connectivity index is 2.30. The van der Waals surface area contributed by atoms with Crippen LogP contribution in [0, 0.1) is 0 Å². The molecule has 0 fully saturated rings. The van der Waals surface area contributed by atoms with Crippen molar-refractivity contribution < 1.29 is 22.8 Å². The zero-order valence-corrected chi connectivity index (χ0v) is 17.9. The van der Waals surface area contributed by atoms with Crippen LogP contribution in [-0.2, 0) is 15.2 Å². The van der Waals surface area contributed by atoms with E-state index >= 15 is 0 Å². The molecule has 1 aliphatic rings. The number of alkyl halides is 3. The molecule has 162 valence electrons. The summed E-state index contributed by atoms with van der Waals surface area (Å²) in [6.07, 6.45) is -1.28. The number of carbonyl (C=O) groups excluding carboxylic acids is 1. The van der Waals surface area contributed by atoms with Gasteiger partial charge in [-0.3, -0.25) is 15.6 Å². The van der Waals surface area contributed by atoms with Crippen LogP contribution in [0.4, 0.5) is 13.2 Å². The normalized spacial score (nSPS) is 19.8. The summed E-state index contributed by atoms with van der Waals surface area (Å²) in [5.41, 5.74) is 2.15. The lowest BCUT2D eigenvalue weighted by atomic mass is 9.88. The van der Waals surface area contributed by atoms with Crippen molar-refractivity contribution in [2.45, 2.75) is 31.5 Å². The van der Waals surface area contributed by atoms with E-state index < -0.39 is 18.2 Å². The van der Waals surface area contributed by atoms with Crippen molar-refractivity contribution in [3.63, 3.8) is 0 Å². The summed E-state index contributed by atoms with van der Waals surface area (Å²) in [5, 5.41) is 3.78. The molecular weight excluding hydrogens is 466 g/mol. The fourth-order valence-electron chi connectivity index (χ4n) is 2.50. The Morgan fingerprint density at radius 3 is 2.47 bits per heavy atom. The van der Waals surface area contributed by atoms with E-state index in [2.05, 4.69) is 22.6 Å². The van der Waals surface area contributed by atoms with Gasteiger partial charge in [-0.05, 0) is 36.4 Å². The maximum atomic E-state index is 14.0. The number of amides is 1. The number of allylic oxidation sites excluding steroid dienone is 4. The maximum Gasteiger partial charge on any atom is 0.435 e. The minimum absolute atomic E-state index is 0.0157. The third-order valence-electron chi connectivity index (χ3n) is 4.07. The zero-order chi connectivity index (χ0) is 22.5. The summed E-state index contributed by atoms with van der Waals surface area (Å²) in [7, 11) is 0. The number of benzene rings is 1. The molecule has 0 spiro atoms. The van der Waals surface area contributed by atoms with Crippen LogP contribution in [-0.4, -0.2) is 17.8 Å². The number of rotatable bonds is 7. The highest BCUT2D eigenvalue weighted by molar-refractivity contribution is 6.34. The number of hydrogen-bond acceptors (Lipinski definition) is 4. The largest absolute Gasteiger partial charge is 0.435 e. The summed E-state index contributed by atoms with van der Waals surface area (Å²) in [4.78, 5) is 16.3. The second kappa shape index (κ2) is 9.76. The van der Waals surface area contributed by atoms with Gasteiger partial charge in [0.2, 0.25) is 5.91 Å². The lowest BCUT2D eigenvalue weighted by molar-refractivity contribution is -0.275. The number of hydrogen-bond donors (Lipinski definition) is 2. The van der Waals surface area contributed by atoms with Gasteiger partial charge < -0.3 is 4.84 Å². The summed E-state index contributed by atoms with van der Waals surface area (Å²) in [5.74, 6) is -0.315. The number of carbonyl (C=O) groups is 1. The van der Waals surface area contributed by atoms with Gasteiger partial charge in [0.25, 0.3) is 5.60 Å². The Hall–Kier alpha value is -2.16. The first-order valence-corrected chi connectivity index (χ1v) is 9.69. The molecule has 1 aromatic rings. The van der Waals surface area contributed by atoms with Crippen LogP contribution < -0.4 is 10.9 Å². The summed E-state index contributed by atoms with van der Waals surface area (Å²) in [6, 6.07) is 3.58. The van der Waals surface area contributed by atoms with E-state index in [-0.39, 0.29) is 44.4 Å². The van der Waals surface area contributed by atoms with Gasteiger partial charge in [-0.2, -0.15) is 13.2 Å². The monoisotopic (exact) mass is 481 g/mol. The number of nitrogens with one attached hydrogen (secondary N) is 2. The van der Waals surface area contributed by atoms with E-state index in [0.29, 0.717) is 0 Å². The van der Waals surface area contributed by atoms with Crippen molar-refractivity contribution in [1.82, 2.24) is 10.9 Å². The van der Waals surface area contributed by atoms with E-state index in [9.17, 15) is 18.0 Å². The standard InChI is InChI=1S/C19H17Cl3F3N3O2/c1-3-15(22)16(26-27-17(29)4-2)6-5-14-10-18(30-28-14,19(23,24)25)11-7-12(20)9-13(21)8-11/h3,5-9,26H,1,4,10H2,2H3,(H,27,29)/b6-5+,16-15-. The fourth-order valence-corrected chi connectivity index (χ4v) is 3.14. The smallest absolute Gasteiger partial charge is 0.374 e. The Morgan fingerprint density at radius 2 is 1.93 bits per heavy atom. The molecule has 0 bridgehead atoms. The Kier molecular flexibility index (Phi) is 7.85. The van der Waals surface area contributed by atoms with Gasteiger partial charge in [0, 0.05) is 28.5 Å². The molecule has 1 heterocycles. The van der Waals surface area contributed by atoms with Crippen LogP contribution in [0.3, 0.4) is 0 Å². The lowest BCUT2D eigenvalue weighted by Gasteiger charge is -2.29. The molecule has 0 saturated carbocycles. The van der Waals surface area contributed by atoms with Gasteiger partial charge in [0.15, 0.2) is 0 Å². The first-order chi connectivity index (χ1) is 14.0. The average molecular weight is 483 g/mol. The van der Waals surface area contributed by atoms with Crippen molar-refractivity contribution in [1.29, 1.82) is 0 Å². The predicted molar refractivity (Wildman–Crippen MR) is 111 cm³/mol. The van der Waals surface area contributed by atoms with Crippen molar-refractivity contribution in [3.8, 4) is 0 Å². The van der Waals surface area contributed by atoms with Crippen LogP contribution >= 0.6 is 34.8 Å². The molecule has 1 amide bonds. The van der Waals surface area contributed by atoms with Crippen LogP contribution in [0.2, 0.25) is 10.0 Å². The summed E-state index contributed by atoms with van der Waals surface area (Å²) < 4.78 is 41.9. The number of halogens is 6. The van der Waals surface area contributed by atoms with Gasteiger partial charge in [0.05, 0.1) is 16.4 Å². The van der Waals surface area contributed by atoms with Gasteiger partial charge in [-0.25, -0.2) is 0 Å². The van der Waals surface area contributed by atoms with Crippen molar-refractivity contribution in [2.75, 3.05) is 0 Å². The van der Waals surface area contributed by atoms with E-state index in [4.69, 9.17) is 39.6 Å². The molecule has 1 atom stereocenters. The second-order valence-corrected chi connectivity index (χ2v) is 7.44. The Morgan fingerprint density at radius 1 is 1.30 bits per heavy atom. The van der Waals surface area contributed by atoms with Gasteiger partial charge in [-0.1, -0.05) is 53.5 Å². The van der Waals surface area contributed by atoms with E-state index in [1.807, 2.05) is 0 Å². The van der Waals surface area contributed by atoms with Crippen LogP contribution in [0.25, 0.3) is 0 Å². The molecule has 1 aromatic carbocycles. The average Bonchev–Trinajstić information content (AvgIpc) is 3.12. The topological polar surface area (TPSA) is 62.7 Å². The molecule has 0 saturated heterocycles. The van der Waals surface area contributed by atoms with Gasteiger partial charge >= 0.3 is 6.18 Å². The highest BCUT2D eigenvalue weighted by atomic mass is 35.5. The first-order valence-electron chi connectivity index (χ1n) is 8.56. The molecule has 2 N–H and O–H groups in total. The third kappa shape index (κ3) is 5.50. The van der Waals surface area contributed by atoms with Crippen LogP contribution in [0.1, 0.15) is 25.3 Å². The highest BCUT2D eigenvalue weighted by Gasteiger charge is 2.62. The van der Waals surface area contributed by atoms with Gasteiger partial charge in [-0.15, -0.1) is 0 Å². The second-order valence-electron chi connectivity index (χ2n) is 6.16. The van der Waals surface area contributed by atoms with Crippen molar-refractivity contribution in [2.24, 2.45) is 5.16 Å². The summed E-state index contributed by atoms with van der Waals surface area (Å²) >= 11 is 17.8. The zero-order valence-electron chi connectivity index (χ0n) is 15.6. The van der Waals surface area contributed by atoms with E-state index in [1.165, 1.54) is 24.3 Å². The SMILES string of the molecule is C=C/C(Cl)=C(\C=C\C1=NOC(c2cc(Cl)cc(Cl)c2)(C(F)(F)F)C1)NNC(=O)CC. The molecule has 1 unspecified atom stereocenters. The third-order valence-corrected chi connectivity index (χ3v) is 4.87. The molecule has 30 heavy (non-hydrogen) atoms. The molecule has 0 radical (unpaired) electrons. The highest BCUT2D eigenvalue weighted by Crippen LogP contribution is 2.49. The molecule has 0 aromatic heterocycles. The number of nitrogens with zero attached hydrogens (tertiary/aromatic N) is 1. The number of hydrazine groups is 1. The van der Waals surface area contributed by atoms with Crippen LogP contribution in [0.15, 0.2) is 58.9 Å². The first kappa shape index (κ1) is 24.1. The summed E-state index contributed by atoms with van der Waals surface area (Å²) in [6.45, 7) is 5.16.